The second kappa shape index (κ2) is 8.49. The van der Waals surface area contributed by atoms with E-state index < -0.39 is 6.10 Å². The van der Waals surface area contributed by atoms with Crippen molar-refractivity contribution >= 4 is 17.3 Å². The van der Waals surface area contributed by atoms with Crippen LogP contribution >= 0.6 is 0 Å². The van der Waals surface area contributed by atoms with Crippen LogP contribution in [0.4, 0.5) is 11.4 Å². The third kappa shape index (κ3) is 6.01. The van der Waals surface area contributed by atoms with E-state index in [4.69, 9.17) is 19.9 Å². The summed E-state index contributed by atoms with van der Waals surface area (Å²) in [5.74, 6) is 0.265. The number of rotatable bonds is 8. The zero-order chi connectivity index (χ0) is 15.8. The van der Waals surface area contributed by atoms with Crippen molar-refractivity contribution in [2.75, 3.05) is 31.4 Å². The normalized spacial score (nSPS) is 12.2. The minimum absolute atomic E-state index is 0.150. The number of ether oxygens (including phenoxy) is 3. The fourth-order valence-corrected chi connectivity index (χ4v) is 1.63. The number of nitrogens with two attached hydrogens (primary N) is 1. The van der Waals surface area contributed by atoms with E-state index in [0.717, 1.165) is 0 Å². The molecule has 0 spiro atoms. The Kier molecular flexibility index (Phi) is 6.98. The summed E-state index contributed by atoms with van der Waals surface area (Å²) in [6.45, 7) is 6.41. The van der Waals surface area contributed by atoms with Gasteiger partial charge in [-0.05, 0) is 32.9 Å². The molecular formula is C15H24N2O4. The van der Waals surface area contributed by atoms with Crippen LogP contribution in [0.2, 0.25) is 0 Å². The Balaban J connectivity index is 2.48. The summed E-state index contributed by atoms with van der Waals surface area (Å²) >= 11 is 0. The summed E-state index contributed by atoms with van der Waals surface area (Å²) in [5, 5.41) is 2.75. The van der Waals surface area contributed by atoms with Crippen LogP contribution in [0.1, 0.15) is 20.8 Å². The first kappa shape index (κ1) is 17.3. The lowest BCUT2D eigenvalue weighted by Crippen LogP contribution is -2.29. The number of benzene rings is 1. The Morgan fingerprint density at radius 2 is 1.90 bits per heavy atom. The molecule has 0 aliphatic carbocycles. The van der Waals surface area contributed by atoms with E-state index in [0.29, 0.717) is 30.3 Å². The van der Waals surface area contributed by atoms with Gasteiger partial charge >= 0.3 is 0 Å². The zero-order valence-corrected chi connectivity index (χ0v) is 13.0. The van der Waals surface area contributed by atoms with Gasteiger partial charge in [0.2, 0.25) is 0 Å². The first-order valence-corrected chi connectivity index (χ1v) is 6.91. The molecular weight excluding hydrogens is 272 g/mol. The van der Waals surface area contributed by atoms with Gasteiger partial charge in [-0.25, -0.2) is 0 Å². The van der Waals surface area contributed by atoms with Crippen molar-refractivity contribution in [2.24, 2.45) is 0 Å². The molecule has 1 rings (SSSR count). The van der Waals surface area contributed by atoms with Gasteiger partial charge in [-0.1, -0.05) is 0 Å². The van der Waals surface area contributed by atoms with Crippen molar-refractivity contribution in [3.05, 3.63) is 18.2 Å². The van der Waals surface area contributed by atoms with Crippen molar-refractivity contribution in [1.82, 2.24) is 0 Å². The number of anilines is 2. The second-order valence-corrected chi connectivity index (χ2v) is 4.88. The number of hydrogen-bond donors (Lipinski definition) is 2. The molecule has 1 atom stereocenters. The van der Waals surface area contributed by atoms with E-state index in [-0.39, 0.29) is 12.0 Å². The highest BCUT2D eigenvalue weighted by Crippen LogP contribution is 2.26. The minimum Gasteiger partial charge on any atom is -0.494 e. The van der Waals surface area contributed by atoms with E-state index in [1.807, 2.05) is 13.8 Å². The molecule has 6 heteroatoms. The average molecular weight is 296 g/mol. The number of methoxy groups -OCH3 is 1. The molecule has 0 aromatic heterocycles. The Bertz CT molecular complexity index is 463. The topological polar surface area (TPSA) is 82.8 Å². The van der Waals surface area contributed by atoms with Gasteiger partial charge in [-0.3, -0.25) is 4.79 Å². The van der Waals surface area contributed by atoms with E-state index in [1.54, 1.807) is 25.1 Å². The van der Waals surface area contributed by atoms with Crippen molar-refractivity contribution in [1.29, 1.82) is 0 Å². The zero-order valence-electron chi connectivity index (χ0n) is 13.0. The van der Waals surface area contributed by atoms with Crippen LogP contribution < -0.4 is 15.8 Å². The molecule has 21 heavy (non-hydrogen) atoms. The van der Waals surface area contributed by atoms with Gasteiger partial charge in [-0.2, -0.15) is 0 Å². The van der Waals surface area contributed by atoms with E-state index >= 15 is 0 Å². The lowest BCUT2D eigenvalue weighted by Gasteiger charge is -2.16. The van der Waals surface area contributed by atoms with Crippen molar-refractivity contribution in [3.8, 4) is 5.75 Å². The number of amides is 1. The monoisotopic (exact) mass is 296 g/mol. The maximum absolute atomic E-state index is 12.0. The number of nitrogens with one attached hydrogen (secondary N) is 1. The van der Waals surface area contributed by atoms with Crippen molar-refractivity contribution in [3.63, 3.8) is 0 Å². The first-order chi connectivity index (χ1) is 9.93. The highest BCUT2D eigenvalue weighted by atomic mass is 16.5. The summed E-state index contributed by atoms with van der Waals surface area (Å²) in [4.78, 5) is 12.0. The fraction of sp³-hybridized carbons (Fsp3) is 0.533. The van der Waals surface area contributed by atoms with Gasteiger partial charge in [0.15, 0.2) is 0 Å². The van der Waals surface area contributed by atoms with Crippen LogP contribution in [0.25, 0.3) is 0 Å². The van der Waals surface area contributed by atoms with E-state index in [9.17, 15) is 4.79 Å². The Labute approximate surface area is 125 Å². The lowest BCUT2D eigenvalue weighted by molar-refractivity contribution is -0.127. The molecule has 1 aromatic rings. The molecule has 0 fully saturated rings. The quantitative estimate of drug-likeness (QED) is 0.566. The third-order valence-corrected chi connectivity index (χ3v) is 2.76. The van der Waals surface area contributed by atoms with E-state index in [2.05, 4.69) is 5.32 Å². The molecule has 0 bridgehead atoms. The molecule has 0 radical (unpaired) electrons. The summed E-state index contributed by atoms with van der Waals surface area (Å²) in [5.41, 5.74) is 6.80. The molecule has 3 N–H and O–H groups in total. The van der Waals surface area contributed by atoms with Crippen LogP contribution in [-0.2, 0) is 14.3 Å². The third-order valence-electron chi connectivity index (χ3n) is 2.76. The summed E-state index contributed by atoms with van der Waals surface area (Å²) in [7, 11) is 1.52. The van der Waals surface area contributed by atoms with Gasteiger partial charge in [-0.15, -0.1) is 0 Å². The molecule has 0 aliphatic rings. The largest absolute Gasteiger partial charge is 0.494 e. The summed E-state index contributed by atoms with van der Waals surface area (Å²) in [6, 6.07) is 5.04. The van der Waals surface area contributed by atoms with Gasteiger partial charge in [0.25, 0.3) is 5.91 Å². The van der Waals surface area contributed by atoms with Crippen LogP contribution in [0.3, 0.4) is 0 Å². The van der Waals surface area contributed by atoms with Gasteiger partial charge in [0.1, 0.15) is 11.9 Å². The molecule has 0 aliphatic heterocycles. The van der Waals surface area contributed by atoms with Crippen molar-refractivity contribution < 1.29 is 19.0 Å². The highest BCUT2D eigenvalue weighted by Gasteiger charge is 2.15. The predicted octanol–water partition coefficient (Wildman–Crippen LogP) is 2.05. The average Bonchev–Trinajstić information content (AvgIpc) is 2.44. The molecule has 6 nitrogen and oxygen atoms in total. The maximum Gasteiger partial charge on any atom is 0.253 e. The fourth-order valence-electron chi connectivity index (χ4n) is 1.63. The highest BCUT2D eigenvalue weighted by molar-refractivity contribution is 5.95. The Morgan fingerprint density at radius 3 is 2.52 bits per heavy atom. The van der Waals surface area contributed by atoms with Crippen LogP contribution in [-0.4, -0.2) is 38.4 Å². The van der Waals surface area contributed by atoms with Crippen LogP contribution in [0, 0.1) is 0 Å². The number of hydrogen-bond acceptors (Lipinski definition) is 5. The smallest absolute Gasteiger partial charge is 0.253 e. The maximum atomic E-state index is 12.0. The molecule has 0 saturated heterocycles. The molecule has 118 valence electrons. The molecule has 1 amide bonds. The Hall–Kier alpha value is -1.79. The molecule has 1 aromatic carbocycles. The van der Waals surface area contributed by atoms with Gasteiger partial charge in [0.05, 0.1) is 32.1 Å². The van der Waals surface area contributed by atoms with Crippen molar-refractivity contribution in [2.45, 2.75) is 33.0 Å². The van der Waals surface area contributed by atoms with Crippen LogP contribution in [0.15, 0.2) is 18.2 Å². The standard InChI is InChI=1S/C15H24N2O4/c1-10(2)20-7-8-21-11(3)15(18)17-13-6-5-12(16)9-14(13)19-4/h5-6,9-11H,7-8,16H2,1-4H3,(H,17,18). The number of carbonyl (C=O) groups is 1. The first-order valence-electron chi connectivity index (χ1n) is 6.91. The van der Waals surface area contributed by atoms with Gasteiger partial charge in [0, 0.05) is 11.8 Å². The molecule has 0 heterocycles. The van der Waals surface area contributed by atoms with Crippen LogP contribution in [0.5, 0.6) is 5.75 Å². The van der Waals surface area contributed by atoms with Gasteiger partial charge < -0.3 is 25.3 Å². The summed E-state index contributed by atoms with van der Waals surface area (Å²) < 4.78 is 15.9. The minimum atomic E-state index is -0.581. The molecule has 1 unspecified atom stereocenters. The van der Waals surface area contributed by atoms with E-state index in [1.165, 1.54) is 7.11 Å². The summed E-state index contributed by atoms with van der Waals surface area (Å²) in [6.07, 6.45) is -0.431. The Morgan fingerprint density at radius 1 is 1.24 bits per heavy atom. The number of carbonyl (C=O) groups excluding carboxylic acids is 1. The molecule has 0 saturated carbocycles. The SMILES string of the molecule is COc1cc(N)ccc1NC(=O)C(C)OCCOC(C)C. The lowest BCUT2D eigenvalue weighted by atomic mass is 10.2. The number of nitrogen functional groups attached to an aromatic ring is 1. The predicted molar refractivity (Wildman–Crippen MR) is 82.5 cm³/mol. The second-order valence-electron chi connectivity index (χ2n) is 4.88.